The monoisotopic (exact) mass is 319 g/mol. The average molecular weight is 321 g/mol. The van der Waals surface area contributed by atoms with Gasteiger partial charge >= 0.3 is 5.65 Å². The van der Waals surface area contributed by atoms with Crippen LogP contribution in [-0.2, 0) is 0 Å². The van der Waals surface area contributed by atoms with Crippen LogP contribution in [0.3, 0.4) is 0 Å². The summed E-state index contributed by atoms with van der Waals surface area (Å²) in [6, 6.07) is 13.8. The van der Waals surface area contributed by atoms with Gasteiger partial charge in [0, 0.05) is 22.2 Å². The van der Waals surface area contributed by atoms with E-state index >= 15 is 0 Å². The van der Waals surface area contributed by atoms with E-state index in [1.807, 2.05) is 53.2 Å². The van der Waals surface area contributed by atoms with E-state index in [4.69, 9.17) is 11.6 Å². The maximum atomic E-state index is 5.94. The number of benzene rings is 1. The molecule has 0 bridgehead atoms. The summed E-state index contributed by atoms with van der Waals surface area (Å²) < 4.78 is 2.95. The fraction of sp³-hybridized carbons (Fsp3) is 0. The lowest BCUT2D eigenvalue weighted by atomic mass is 10.1. The molecule has 0 unspecified atom stereocenters. The van der Waals surface area contributed by atoms with Crippen molar-refractivity contribution in [3.8, 4) is 11.3 Å². The first-order valence-electron chi connectivity index (χ1n) is 5.46. The fourth-order valence-corrected chi connectivity index (χ4v) is 2.38. The molecule has 4 heteroatoms. The van der Waals surface area contributed by atoms with Crippen molar-refractivity contribution in [3.05, 3.63) is 64.4 Å². The minimum atomic E-state index is 0.699. The zero-order valence-corrected chi connectivity index (χ0v) is 11.7. The van der Waals surface area contributed by atoms with Gasteiger partial charge in [0.05, 0.1) is 5.02 Å². The first-order valence-corrected chi connectivity index (χ1v) is 6.63. The molecule has 1 aromatic carbocycles. The Labute approximate surface area is 118 Å². The Morgan fingerprint density at radius 3 is 2.83 bits per heavy atom. The molecule has 0 radical (unpaired) electrons. The summed E-state index contributed by atoms with van der Waals surface area (Å²) in [6.07, 6.45) is 3.80. The highest BCUT2D eigenvalue weighted by atomic mass is 79.9. The van der Waals surface area contributed by atoms with Crippen molar-refractivity contribution in [1.82, 2.24) is 4.98 Å². The number of halogens is 2. The van der Waals surface area contributed by atoms with Crippen LogP contribution in [-0.4, -0.2) is 4.98 Å². The third kappa shape index (κ3) is 2.24. The van der Waals surface area contributed by atoms with Crippen LogP contribution >= 0.6 is 27.5 Å². The summed E-state index contributed by atoms with van der Waals surface area (Å²) in [5.41, 5.74) is 2.90. The molecule has 2 nitrogen and oxygen atoms in total. The predicted octanol–water partition coefficient (Wildman–Crippen LogP) is 3.90. The second-order valence-corrected chi connectivity index (χ2v) is 5.29. The molecule has 3 aromatic rings. The highest BCUT2D eigenvalue weighted by molar-refractivity contribution is 9.10. The van der Waals surface area contributed by atoms with Crippen molar-refractivity contribution in [3.63, 3.8) is 0 Å². The lowest BCUT2D eigenvalue weighted by molar-refractivity contribution is -0.514. The van der Waals surface area contributed by atoms with E-state index in [-0.39, 0.29) is 0 Å². The zero-order chi connectivity index (χ0) is 12.5. The first kappa shape index (κ1) is 11.6. The highest BCUT2D eigenvalue weighted by Gasteiger charge is 2.10. The van der Waals surface area contributed by atoms with Crippen LogP contribution in [0.2, 0.25) is 5.02 Å². The Morgan fingerprint density at radius 1 is 1.11 bits per heavy atom. The van der Waals surface area contributed by atoms with Gasteiger partial charge in [-0.05, 0) is 23.2 Å². The van der Waals surface area contributed by atoms with E-state index in [0.29, 0.717) is 5.02 Å². The second-order valence-electron chi connectivity index (χ2n) is 3.94. The zero-order valence-electron chi connectivity index (χ0n) is 9.35. The van der Waals surface area contributed by atoms with Gasteiger partial charge in [0.1, 0.15) is 12.4 Å². The molecule has 0 atom stereocenters. The predicted molar refractivity (Wildman–Crippen MR) is 75.5 cm³/mol. The third-order valence-corrected chi connectivity index (χ3v) is 3.38. The maximum Gasteiger partial charge on any atom is 0.328 e. The van der Waals surface area contributed by atoms with E-state index in [9.17, 15) is 0 Å². The Balaban J connectivity index is 2.16. The van der Waals surface area contributed by atoms with Crippen molar-refractivity contribution in [2.45, 2.75) is 0 Å². The Morgan fingerprint density at radius 2 is 2.00 bits per heavy atom. The van der Waals surface area contributed by atoms with Crippen LogP contribution in [0.5, 0.6) is 0 Å². The average Bonchev–Trinajstić information content (AvgIpc) is 2.38. The van der Waals surface area contributed by atoms with Gasteiger partial charge in [-0.1, -0.05) is 39.7 Å². The molecule has 0 amide bonds. The summed E-state index contributed by atoms with van der Waals surface area (Å²) >= 11 is 9.41. The van der Waals surface area contributed by atoms with Crippen molar-refractivity contribution in [2.24, 2.45) is 0 Å². The molecule has 18 heavy (non-hydrogen) atoms. The van der Waals surface area contributed by atoms with Gasteiger partial charge < -0.3 is 0 Å². The van der Waals surface area contributed by atoms with E-state index in [2.05, 4.69) is 27.0 Å². The lowest BCUT2D eigenvalue weighted by Crippen LogP contribution is -2.21. The third-order valence-electron chi connectivity index (χ3n) is 2.67. The molecule has 3 rings (SSSR count). The summed E-state index contributed by atoms with van der Waals surface area (Å²) in [5, 5.41) is 0.699. The van der Waals surface area contributed by atoms with Crippen LogP contribution in [0.4, 0.5) is 0 Å². The summed E-state index contributed by atoms with van der Waals surface area (Å²) in [4.78, 5) is 4.61. The van der Waals surface area contributed by atoms with Gasteiger partial charge in [-0.25, -0.2) is 4.40 Å². The van der Waals surface area contributed by atoms with Gasteiger partial charge in [0.25, 0.3) is 0 Å². The maximum absolute atomic E-state index is 5.94. The smallest absolute Gasteiger partial charge is 0.202 e. The molecule has 0 saturated carbocycles. The van der Waals surface area contributed by atoms with Gasteiger partial charge in [-0.3, -0.25) is 0 Å². The number of hydrogen-bond acceptors (Lipinski definition) is 1. The van der Waals surface area contributed by atoms with Gasteiger partial charge in [0.15, 0.2) is 5.69 Å². The molecule has 0 aliphatic rings. The summed E-state index contributed by atoms with van der Waals surface area (Å²) in [5.74, 6) is 0. The minimum Gasteiger partial charge on any atom is -0.202 e. The molecule has 0 aliphatic heterocycles. The number of aromatic nitrogens is 2. The fourth-order valence-electron chi connectivity index (χ4n) is 1.82. The van der Waals surface area contributed by atoms with Crippen LogP contribution in [0, 0.1) is 0 Å². The standard InChI is InChI=1S/C14H9BrClN2/c15-11-3-1-2-10(8-11)13-6-7-18-9-12(16)4-5-14(18)17-13/h1-9H/q+1. The molecule has 0 fully saturated rings. The van der Waals surface area contributed by atoms with Crippen LogP contribution in [0.15, 0.2) is 59.3 Å². The number of pyridine rings is 1. The lowest BCUT2D eigenvalue weighted by Gasteiger charge is -1.98. The normalized spacial score (nSPS) is 10.8. The quantitative estimate of drug-likeness (QED) is 0.621. The van der Waals surface area contributed by atoms with E-state index in [1.165, 1.54) is 0 Å². The molecule has 2 heterocycles. The molecule has 0 saturated heterocycles. The molecule has 0 spiro atoms. The first-order chi connectivity index (χ1) is 8.72. The van der Waals surface area contributed by atoms with E-state index in [1.54, 1.807) is 0 Å². The van der Waals surface area contributed by atoms with Crippen molar-refractivity contribution in [2.75, 3.05) is 0 Å². The molecule has 0 aliphatic carbocycles. The van der Waals surface area contributed by atoms with Gasteiger partial charge in [-0.2, -0.15) is 0 Å². The van der Waals surface area contributed by atoms with Crippen molar-refractivity contribution < 1.29 is 4.40 Å². The van der Waals surface area contributed by atoms with Crippen LogP contribution in [0.25, 0.3) is 16.9 Å². The number of nitrogens with zero attached hydrogens (tertiary/aromatic N) is 2. The van der Waals surface area contributed by atoms with Gasteiger partial charge in [0.2, 0.25) is 0 Å². The van der Waals surface area contributed by atoms with Crippen LogP contribution < -0.4 is 4.40 Å². The highest BCUT2D eigenvalue weighted by Crippen LogP contribution is 2.21. The Kier molecular flexibility index (Phi) is 3.02. The molecule has 2 aromatic heterocycles. The molecular formula is C14H9BrClN2+. The van der Waals surface area contributed by atoms with Crippen molar-refractivity contribution in [1.29, 1.82) is 0 Å². The minimum absolute atomic E-state index is 0.699. The molecular weight excluding hydrogens is 312 g/mol. The van der Waals surface area contributed by atoms with Gasteiger partial charge in [-0.15, -0.1) is 0 Å². The largest absolute Gasteiger partial charge is 0.328 e. The van der Waals surface area contributed by atoms with E-state index in [0.717, 1.165) is 21.4 Å². The van der Waals surface area contributed by atoms with Crippen LogP contribution in [0.1, 0.15) is 0 Å². The second kappa shape index (κ2) is 4.67. The number of hydrogen-bond donors (Lipinski definition) is 0. The number of fused-ring (bicyclic) bond motifs is 1. The molecule has 88 valence electrons. The summed E-state index contributed by atoms with van der Waals surface area (Å²) in [6.45, 7) is 0. The molecule has 0 N–H and O–H groups in total. The van der Waals surface area contributed by atoms with E-state index < -0.39 is 0 Å². The van der Waals surface area contributed by atoms with Crippen molar-refractivity contribution >= 4 is 33.2 Å². The Hall–Kier alpha value is -1.45. The topological polar surface area (TPSA) is 17.0 Å². The summed E-state index contributed by atoms with van der Waals surface area (Å²) in [7, 11) is 0. The Bertz CT molecular complexity index is 728. The number of rotatable bonds is 1. The SMILES string of the molecule is Clc1ccc2nc(-c3cccc(Br)c3)cc[n+]2c1.